The Morgan fingerprint density at radius 1 is 1.06 bits per heavy atom. The van der Waals surface area contributed by atoms with Gasteiger partial charge < -0.3 is 23.4 Å². The molecule has 0 saturated carbocycles. The van der Waals surface area contributed by atoms with E-state index < -0.39 is 8.32 Å². The summed E-state index contributed by atoms with van der Waals surface area (Å²) in [4.78, 5) is 0. The average molecular weight is 495 g/mol. The van der Waals surface area contributed by atoms with E-state index in [2.05, 4.69) is 54.3 Å². The summed E-state index contributed by atoms with van der Waals surface area (Å²) in [5.41, 5.74) is 2.32. The summed E-state index contributed by atoms with van der Waals surface area (Å²) < 4.78 is 29.1. The van der Waals surface area contributed by atoms with Crippen molar-refractivity contribution in [1.82, 2.24) is 0 Å². The Kier molecular flexibility index (Phi) is 13.6. The number of ether oxygens (including phenoxy) is 4. The lowest BCUT2D eigenvalue weighted by Crippen LogP contribution is -2.44. The molecular weight excluding hydrogens is 444 g/mol. The second-order valence-electron chi connectivity index (χ2n) is 10.9. The molecule has 6 heteroatoms. The Morgan fingerprint density at radius 2 is 1.71 bits per heavy atom. The number of rotatable bonds is 17. The van der Waals surface area contributed by atoms with Crippen molar-refractivity contribution in [1.29, 1.82) is 0 Å². The van der Waals surface area contributed by atoms with E-state index in [0.29, 0.717) is 13.2 Å². The second-order valence-corrected chi connectivity index (χ2v) is 15.7. The highest BCUT2D eigenvalue weighted by Gasteiger charge is 2.39. The summed E-state index contributed by atoms with van der Waals surface area (Å²) in [5, 5.41) is 0.202. The van der Waals surface area contributed by atoms with Gasteiger partial charge in [0.15, 0.2) is 8.32 Å². The monoisotopic (exact) mass is 494 g/mol. The standard InChI is InChI=1S/C28H50O5Si/c1-11-12-26(33-34(9,10)28(4,5)6)18-22(2)17-23(3)27(32-21-29-7)20-31-19-24-13-15-25(30-8)16-14-24/h13-16,23,26-27H,2,11-12,17-21H2,1,3-10H3/t23-,26-,27-/m1/s1. The molecule has 0 bridgehead atoms. The minimum absolute atomic E-state index is 0.0686. The molecule has 3 atom stereocenters. The third kappa shape index (κ3) is 11.0. The van der Waals surface area contributed by atoms with Crippen LogP contribution in [0.15, 0.2) is 36.4 Å². The van der Waals surface area contributed by atoms with Gasteiger partial charge in [0.1, 0.15) is 12.5 Å². The van der Waals surface area contributed by atoms with Crippen LogP contribution in [0.25, 0.3) is 0 Å². The Morgan fingerprint density at radius 3 is 2.24 bits per heavy atom. The van der Waals surface area contributed by atoms with Crippen LogP contribution in [0, 0.1) is 5.92 Å². The fraction of sp³-hybridized carbons (Fsp3) is 0.714. The van der Waals surface area contributed by atoms with Gasteiger partial charge >= 0.3 is 0 Å². The van der Waals surface area contributed by atoms with Crippen molar-refractivity contribution in [2.75, 3.05) is 27.6 Å². The maximum Gasteiger partial charge on any atom is 0.192 e. The van der Waals surface area contributed by atoms with Gasteiger partial charge in [0.05, 0.1) is 26.4 Å². The zero-order valence-corrected chi connectivity index (χ0v) is 24.2. The van der Waals surface area contributed by atoms with Gasteiger partial charge in [0.25, 0.3) is 0 Å². The van der Waals surface area contributed by atoms with Crippen molar-refractivity contribution in [2.24, 2.45) is 5.92 Å². The van der Waals surface area contributed by atoms with E-state index in [9.17, 15) is 0 Å². The third-order valence-corrected chi connectivity index (χ3v) is 11.3. The second kappa shape index (κ2) is 15.0. The lowest BCUT2D eigenvalue weighted by Gasteiger charge is -2.39. The molecule has 0 aliphatic carbocycles. The maximum atomic E-state index is 6.74. The van der Waals surface area contributed by atoms with Crippen molar-refractivity contribution in [3.63, 3.8) is 0 Å². The first kappa shape index (κ1) is 30.8. The highest BCUT2D eigenvalue weighted by molar-refractivity contribution is 6.74. The van der Waals surface area contributed by atoms with Crippen LogP contribution in [0.4, 0.5) is 0 Å². The summed E-state index contributed by atoms with van der Waals surface area (Å²) in [6.07, 6.45) is 4.11. The van der Waals surface area contributed by atoms with Gasteiger partial charge in [-0.25, -0.2) is 0 Å². The van der Waals surface area contributed by atoms with Gasteiger partial charge in [-0.15, -0.1) is 0 Å². The quantitative estimate of drug-likeness (QED) is 0.129. The van der Waals surface area contributed by atoms with Crippen LogP contribution in [0.1, 0.15) is 65.9 Å². The molecule has 1 rings (SSSR count). The molecule has 34 heavy (non-hydrogen) atoms. The van der Waals surface area contributed by atoms with Gasteiger partial charge in [-0.2, -0.15) is 0 Å². The molecule has 0 aromatic heterocycles. The fourth-order valence-corrected chi connectivity index (χ4v) is 5.05. The highest BCUT2D eigenvalue weighted by Crippen LogP contribution is 2.38. The number of benzene rings is 1. The molecule has 0 N–H and O–H groups in total. The van der Waals surface area contributed by atoms with E-state index in [1.165, 1.54) is 5.57 Å². The SMILES string of the molecule is C=C(C[C@@H](CCC)O[Si](C)(C)C(C)(C)C)C[C@@H](C)[C@@H](COCc1ccc(OC)cc1)OCOC. The smallest absolute Gasteiger partial charge is 0.192 e. The lowest BCUT2D eigenvalue weighted by atomic mass is 9.93. The molecule has 1 aromatic rings. The first-order valence-corrected chi connectivity index (χ1v) is 15.5. The largest absolute Gasteiger partial charge is 0.497 e. The molecule has 0 heterocycles. The summed E-state index contributed by atoms with van der Waals surface area (Å²) in [6.45, 7) is 21.7. The topological polar surface area (TPSA) is 46.2 Å². The van der Waals surface area contributed by atoms with Crippen molar-refractivity contribution < 1.29 is 23.4 Å². The molecule has 0 aliphatic rings. The molecule has 0 aliphatic heterocycles. The van der Waals surface area contributed by atoms with Crippen molar-refractivity contribution in [3.8, 4) is 5.75 Å². The van der Waals surface area contributed by atoms with Crippen LogP contribution in [0.3, 0.4) is 0 Å². The normalized spacial score (nSPS) is 15.1. The summed E-state index contributed by atoms with van der Waals surface area (Å²) in [7, 11) is 1.50. The van der Waals surface area contributed by atoms with Crippen LogP contribution >= 0.6 is 0 Å². The molecule has 0 radical (unpaired) electrons. The molecule has 0 amide bonds. The van der Waals surface area contributed by atoms with E-state index in [4.69, 9.17) is 23.4 Å². The van der Waals surface area contributed by atoms with Gasteiger partial charge in [-0.05, 0) is 61.0 Å². The van der Waals surface area contributed by atoms with Crippen LogP contribution in [0.2, 0.25) is 18.1 Å². The first-order valence-electron chi connectivity index (χ1n) is 12.6. The van der Waals surface area contributed by atoms with Crippen molar-refractivity contribution in [2.45, 2.75) is 97.2 Å². The van der Waals surface area contributed by atoms with Crippen LogP contribution in [-0.4, -0.2) is 48.1 Å². The van der Waals surface area contributed by atoms with Gasteiger partial charge in [-0.3, -0.25) is 0 Å². The average Bonchev–Trinajstić information content (AvgIpc) is 2.75. The maximum absolute atomic E-state index is 6.74. The molecule has 0 fully saturated rings. The third-order valence-electron chi connectivity index (χ3n) is 6.75. The van der Waals surface area contributed by atoms with E-state index >= 15 is 0 Å². The Bertz CT molecular complexity index is 696. The molecule has 5 nitrogen and oxygen atoms in total. The van der Waals surface area contributed by atoms with Crippen molar-refractivity contribution in [3.05, 3.63) is 42.0 Å². The van der Waals surface area contributed by atoms with E-state index in [-0.39, 0.29) is 30.0 Å². The molecule has 0 unspecified atom stereocenters. The molecule has 0 spiro atoms. The molecule has 1 aromatic carbocycles. The lowest BCUT2D eigenvalue weighted by molar-refractivity contribution is -0.116. The van der Waals surface area contributed by atoms with E-state index in [1.54, 1.807) is 14.2 Å². The predicted octanol–water partition coefficient (Wildman–Crippen LogP) is 7.36. The van der Waals surface area contributed by atoms with E-state index in [0.717, 1.165) is 37.0 Å². The predicted molar refractivity (Wildman–Crippen MR) is 144 cm³/mol. The van der Waals surface area contributed by atoms with Crippen LogP contribution < -0.4 is 4.74 Å². The van der Waals surface area contributed by atoms with E-state index in [1.807, 2.05) is 24.3 Å². The van der Waals surface area contributed by atoms with Crippen LogP contribution in [-0.2, 0) is 25.2 Å². The fourth-order valence-electron chi connectivity index (χ4n) is 3.66. The Balaban J connectivity index is 2.66. The number of hydrogen-bond donors (Lipinski definition) is 0. The van der Waals surface area contributed by atoms with Gasteiger partial charge in [-0.1, -0.05) is 65.3 Å². The summed E-state index contributed by atoms with van der Waals surface area (Å²) >= 11 is 0. The first-order chi connectivity index (χ1) is 15.9. The Hall–Kier alpha value is -1.18. The van der Waals surface area contributed by atoms with Crippen LogP contribution in [0.5, 0.6) is 5.75 Å². The van der Waals surface area contributed by atoms with Gasteiger partial charge in [0, 0.05) is 13.2 Å². The highest BCUT2D eigenvalue weighted by atomic mass is 28.4. The number of hydrogen-bond acceptors (Lipinski definition) is 5. The minimum Gasteiger partial charge on any atom is -0.497 e. The molecular formula is C28H50O5Si. The van der Waals surface area contributed by atoms with Gasteiger partial charge in [0.2, 0.25) is 0 Å². The molecule has 0 saturated heterocycles. The Labute approximate surface area is 210 Å². The number of methoxy groups -OCH3 is 2. The summed E-state index contributed by atoms with van der Waals surface area (Å²) in [6, 6.07) is 7.93. The molecule has 196 valence electrons. The van der Waals surface area contributed by atoms with Crippen molar-refractivity contribution >= 4 is 8.32 Å². The zero-order valence-electron chi connectivity index (χ0n) is 23.2. The zero-order chi connectivity index (χ0) is 25.8. The summed E-state index contributed by atoms with van der Waals surface area (Å²) in [5.74, 6) is 1.10. The minimum atomic E-state index is -1.82.